The van der Waals surface area contributed by atoms with Crippen LogP contribution in [0.15, 0.2) is 18.3 Å². The van der Waals surface area contributed by atoms with Gasteiger partial charge in [0.15, 0.2) is 11.3 Å². The van der Waals surface area contributed by atoms with Crippen LogP contribution in [0.1, 0.15) is 31.3 Å². The van der Waals surface area contributed by atoms with Crippen molar-refractivity contribution < 1.29 is 14.3 Å². The molecule has 3 rings (SSSR count). The van der Waals surface area contributed by atoms with Gasteiger partial charge < -0.3 is 14.4 Å². The van der Waals surface area contributed by atoms with Crippen LogP contribution in [0.3, 0.4) is 0 Å². The predicted molar refractivity (Wildman–Crippen MR) is 81.2 cm³/mol. The Balaban J connectivity index is 1.87. The molecule has 7 nitrogen and oxygen atoms in total. The molecular weight excluding hydrogens is 284 g/mol. The van der Waals surface area contributed by atoms with Crippen molar-refractivity contribution in [3.05, 3.63) is 24.0 Å². The van der Waals surface area contributed by atoms with Crippen molar-refractivity contribution in [3.8, 4) is 0 Å². The number of nitrogens with zero attached hydrogens (tertiary/aromatic N) is 4. The number of anilines is 1. The molecule has 0 aromatic carbocycles. The van der Waals surface area contributed by atoms with Crippen LogP contribution in [0.5, 0.6) is 0 Å². The Morgan fingerprint density at radius 3 is 2.77 bits per heavy atom. The molecule has 1 aliphatic heterocycles. The Morgan fingerprint density at radius 1 is 1.36 bits per heavy atom. The van der Waals surface area contributed by atoms with E-state index in [4.69, 9.17) is 9.47 Å². The summed E-state index contributed by atoms with van der Waals surface area (Å²) in [5.41, 5.74) is 0.899. The van der Waals surface area contributed by atoms with E-state index < -0.39 is 5.97 Å². The summed E-state index contributed by atoms with van der Waals surface area (Å²) in [6.45, 7) is 7.79. The quantitative estimate of drug-likeness (QED) is 0.801. The summed E-state index contributed by atoms with van der Waals surface area (Å²) in [7, 11) is 0. The normalized spacial score (nSPS) is 22.0. The van der Waals surface area contributed by atoms with E-state index in [-0.39, 0.29) is 17.9 Å². The highest BCUT2D eigenvalue weighted by atomic mass is 16.5. The van der Waals surface area contributed by atoms with Crippen LogP contribution in [0.25, 0.3) is 5.65 Å². The minimum absolute atomic E-state index is 0.166. The van der Waals surface area contributed by atoms with Crippen LogP contribution in [0, 0.1) is 0 Å². The van der Waals surface area contributed by atoms with E-state index in [9.17, 15) is 4.79 Å². The van der Waals surface area contributed by atoms with Crippen LogP contribution in [0.4, 0.5) is 5.82 Å². The van der Waals surface area contributed by atoms with Gasteiger partial charge in [-0.3, -0.25) is 0 Å². The number of ether oxygens (including phenoxy) is 2. The Bertz CT molecular complexity index is 674. The maximum absolute atomic E-state index is 11.7. The maximum atomic E-state index is 11.7. The first-order valence-electron chi connectivity index (χ1n) is 7.50. The zero-order chi connectivity index (χ0) is 15.7. The first-order chi connectivity index (χ1) is 10.6. The van der Waals surface area contributed by atoms with Gasteiger partial charge in [-0.2, -0.15) is 0 Å². The van der Waals surface area contributed by atoms with Crippen molar-refractivity contribution in [1.29, 1.82) is 0 Å². The van der Waals surface area contributed by atoms with Gasteiger partial charge in [-0.15, -0.1) is 5.10 Å². The second-order valence-electron chi connectivity index (χ2n) is 5.50. The molecule has 2 aromatic heterocycles. The number of rotatable bonds is 3. The van der Waals surface area contributed by atoms with Gasteiger partial charge in [-0.1, -0.05) is 0 Å². The predicted octanol–water partition coefficient (Wildman–Crippen LogP) is 1.52. The maximum Gasteiger partial charge on any atom is 0.358 e. The molecule has 1 aliphatic rings. The van der Waals surface area contributed by atoms with Gasteiger partial charge in [0.1, 0.15) is 5.82 Å². The fraction of sp³-hybridized carbons (Fsp3) is 0.533. The summed E-state index contributed by atoms with van der Waals surface area (Å²) in [4.78, 5) is 18.1. The van der Waals surface area contributed by atoms with Crippen LogP contribution in [0.2, 0.25) is 0 Å². The average molecular weight is 304 g/mol. The Labute approximate surface area is 128 Å². The monoisotopic (exact) mass is 304 g/mol. The van der Waals surface area contributed by atoms with Crippen LogP contribution in [-0.4, -0.2) is 52.5 Å². The van der Waals surface area contributed by atoms with Gasteiger partial charge in [-0.05, 0) is 32.9 Å². The lowest BCUT2D eigenvalue weighted by Crippen LogP contribution is -2.46. The second-order valence-corrected chi connectivity index (χ2v) is 5.50. The van der Waals surface area contributed by atoms with Crippen molar-refractivity contribution >= 4 is 17.4 Å². The highest BCUT2D eigenvalue weighted by molar-refractivity contribution is 5.87. The number of imidazole rings is 1. The van der Waals surface area contributed by atoms with Crippen LogP contribution in [-0.2, 0) is 9.47 Å². The lowest BCUT2D eigenvalue weighted by molar-refractivity contribution is -0.00551. The fourth-order valence-electron chi connectivity index (χ4n) is 2.71. The third-order valence-corrected chi connectivity index (χ3v) is 3.53. The molecule has 0 N–H and O–H groups in total. The summed E-state index contributed by atoms with van der Waals surface area (Å²) in [5.74, 6) is 0.422. The number of morpholine rings is 1. The highest BCUT2D eigenvalue weighted by Crippen LogP contribution is 2.19. The average Bonchev–Trinajstić information content (AvgIpc) is 2.89. The summed E-state index contributed by atoms with van der Waals surface area (Å²) in [5, 5.41) is 4.55. The zero-order valence-corrected chi connectivity index (χ0v) is 13.0. The molecule has 2 atom stereocenters. The smallest absolute Gasteiger partial charge is 0.358 e. The Morgan fingerprint density at radius 2 is 2.09 bits per heavy atom. The molecular formula is C15H20N4O3. The van der Waals surface area contributed by atoms with Gasteiger partial charge >= 0.3 is 5.97 Å². The molecule has 3 heterocycles. The SMILES string of the molecule is CCOC(=O)c1cn2nc(N3C[C@@H](C)O[C@@H](C)C3)ccc2n1. The van der Waals surface area contributed by atoms with Crippen molar-refractivity contribution in [2.75, 3.05) is 24.6 Å². The standard InChI is InChI=1S/C15H20N4O3/c1-4-21-15(20)12-9-19-13(16-12)5-6-14(17-19)18-7-10(2)22-11(3)8-18/h5-6,9-11H,4,7-8H2,1-3H3/t10-,11+. The van der Waals surface area contributed by atoms with Crippen LogP contribution >= 0.6 is 0 Å². The van der Waals surface area contributed by atoms with E-state index in [2.05, 4.69) is 28.8 Å². The van der Waals surface area contributed by atoms with Gasteiger partial charge in [-0.25, -0.2) is 14.3 Å². The fourth-order valence-corrected chi connectivity index (χ4v) is 2.71. The van der Waals surface area contributed by atoms with E-state index >= 15 is 0 Å². The topological polar surface area (TPSA) is 69.0 Å². The van der Waals surface area contributed by atoms with Crippen molar-refractivity contribution in [2.45, 2.75) is 33.0 Å². The Kier molecular flexibility index (Phi) is 3.98. The van der Waals surface area contributed by atoms with E-state index in [1.807, 2.05) is 12.1 Å². The molecule has 1 saturated heterocycles. The molecule has 0 spiro atoms. The van der Waals surface area contributed by atoms with Gasteiger partial charge in [0.2, 0.25) is 0 Å². The van der Waals surface area contributed by atoms with Crippen molar-refractivity contribution in [3.63, 3.8) is 0 Å². The van der Waals surface area contributed by atoms with Crippen LogP contribution < -0.4 is 4.90 Å². The number of aromatic nitrogens is 3. The molecule has 0 unspecified atom stereocenters. The number of esters is 1. The minimum atomic E-state index is -0.428. The van der Waals surface area contributed by atoms with Gasteiger partial charge in [0.25, 0.3) is 0 Å². The summed E-state index contributed by atoms with van der Waals surface area (Å²) in [6.07, 6.45) is 1.93. The minimum Gasteiger partial charge on any atom is -0.461 e. The molecule has 22 heavy (non-hydrogen) atoms. The molecule has 0 bridgehead atoms. The molecule has 1 fully saturated rings. The number of hydrogen-bond donors (Lipinski definition) is 0. The molecule has 0 radical (unpaired) electrons. The highest BCUT2D eigenvalue weighted by Gasteiger charge is 2.23. The number of fused-ring (bicyclic) bond motifs is 1. The van der Waals surface area contributed by atoms with E-state index in [0.717, 1.165) is 18.9 Å². The summed E-state index contributed by atoms with van der Waals surface area (Å²) in [6, 6.07) is 3.78. The van der Waals surface area contributed by atoms with E-state index in [0.29, 0.717) is 12.3 Å². The Hall–Kier alpha value is -2.15. The van der Waals surface area contributed by atoms with Crippen molar-refractivity contribution in [2.24, 2.45) is 0 Å². The van der Waals surface area contributed by atoms with E-state index in [1.54, 1.807) is 17.6 Å². The first kappa shape index (κ1) is 14.8. The second kappa shape index (κ2) is 5.92. The first-order valence-corrected chi connectivity index (χ1v) is 7.50. The summed E-state index contributed by atoms with van der Waals surface area (Å²) < 4.78 is 12.3. The third-order valence-electron chi connectivity index (χ3n) is 3.53. The number of carbonyl (C=O) groups excluding carboxylic acids is 1. The number of hydrogen-bond acceptors (Lipinski definition) is 6. The lowest BCUT2D eigenvalue weighted by atomic mass is 10.2. The van der Waals surface area contributed by atoms with Crippen molar-refractivity contribution in [1.82, 2.24) is 14.6 Å². The lowest BCUT2D eigenvalue weighted by Gasteiger charge is -2.35. The summed E-state index contributed by atoms with van der Waals surface area (Å²) >= 11 is 0. The van der Waals surface area contributed by atoms with Gasteiger partial charge in [0.05, 0.1) is 25.0 Å². The molecule has 2 aromatic rings. The third kappa shape index (κ3) is 2.89. The zero-order valence-electron chi connectivity index (χ0n) is 13.0. The molecule has 118 valence electrons. The van der Waals surface area contributed by atoms with E-state index in [1.165, 1.54) is 0 Å². The largest absolute Gasteiger partial charge is 0.461 e. The number of carbonyl (C=O) groups is 1. The van der Waals surface area contributed by atoms with Gasteiger partial charge in [0, 0.05) is 13.1 Å². The molecule has 0 saturated carbocycles. The molecule has 0 aliphatic carbocycles. The molecule has 0 amide bonds. The molecule has 7 heteroatoms.